The topological polar surface area (TPSA) is 32.3 Å². The van der Waals surface area contributed by atoms with E-state index in [1.165, 1.54) is 30.2 Å². The number of nitrogens with one attached hydrogen (secondary N) is 1. The standard InChI is InChI=1S/C15H19ClN2OS2/c16-13-5-3-12(4-6-13)7-8-17-14(19)11-21-15(20)18-9-1-2-10-18/h3-6H,1-2,7-11H2,(H,17,19). The summed E-state index contributed by atoms with van der Waals surface area (Å²) in [6, 6.07) is 7.68. The summed E-state index contributed by atoms with van der Waals surface area (Å²) >= 11 is 12.6. The van der Waals surface area contributed by atoms with Crippen molar-refractivity contribution < 1.29 is 4.79 Å². The molecule has 1 saturated heterocycles. The van der Waals surface area contributed by atoms with Crippen LogP contribution in [0.15, 0.2) is 24.3 Å². The van der Waals surface area contributed by atoms with Crippen molar-refractivity contribution >= 4 is 45.8 Å². The number of thiocarbonyl (C=S) groups is 1. The Morgan fingerprint density at radius 2 is 1.95 bits per heavy atom. The van der Waals surface area contributed by atoms with E-state index in [4.69, 9.17) is 23.8 Å². The van der Waals surface area contributed by atoms with Gasteiger partial charge in [0.25, 0.3) is 0 Å². The van der Waals surface area contributed by atoms with Crippen molar-refractivity contribution in [2.24, 2.45) is 0 Å². The molecule has 0 unspecified atom stereocenters. The van der Waals surface area contributed by atoms with E-state index in [0.717, 1.165) is 28.9 Å². The molecule has 1 heterocycles. The number of halogens is 1. The van der Waals surface area contributed by atoms with Crippen LogP contribution in [0.4, 0.5) is 0 Å². The van der Waals surface area contributed by atoms with Crippen LogP contribution in [-0.2, 0) is 11.2 Å². The SMILES string of the molecule is O=C(CSC(=S)N1CCCC1)NCCc1ccc(Cl)cc1. The Bertz CT molecular complexity index is 487. The number of nitrogens with zero attached hydrogens (tertiary/aromatic N) is 1. The number of likely N-dealkylation sites (tertiary alicyclic amines) is 1. The number of amides is 1. The number of carbonyl (C=O) groups is 1. The zero-order valence-electron chi connectivity index (χ0n) is 11.8. The maximum atomic E-state index is 11.8. The van der Waals surface area contributed by atoms with Gasteiger partial charge < -0.3 is 10.2 Å². The molecular weight excluding hydrogens is 324 g/mol. The molecule has 114 valence electrons. The molecule has 2 rings (SSSR count). The lowest BCUT2D eigenvalue weighted by atomic mass is 10.1. The summed E-state index contributed by atoms with van der Waals surface area (Å²) in [6.07, 6.45) is 3.21. The molecule has 0 bridgehead atoms. The molecule has 1 N–H and O–H groups in total. The first-order chi connectivity index (χ1) is 10.1. The highest BCUT2D eigenvalue weighted by Gasteiger charge is 2.15. The van der Waals surface area contributed by atoms with E-state index >= 15 is 0 Å². The normalized spacial score (nSPS) is 14.2. The van der Waals surface area contributed by atoms with E-state index in [2.05, 4.69) is 10.2 Å². The lowest BCUT2D eigenvalue weighted by molar-refractivity contribution is -0.118. The predicted molar refractivity (Wildman–Crippen MR) is 94.0 cm³/mol. The van der Waals surface area contributed by atoms with E-state index in [9.17, 15) is 4.79 Å². The number of thioether (sulfide) groups is 1. The van der Waals surface area contributed by atoms with Crippen LogP contribution in [0, 0.1) is 0 Å². The monoisotopic (exact) mass is 342 g/mol. The van der Waals surface area contributed by atoms with Crippen molar-refractivity contribution in [1.29, 1.82) is 0 Å². The summed E-state index contributed by atoms with van der Waals surface area (Å²) in [6.45, 7) is 2.70. The van der Waals surface area contributed by atoms with Crippen molar-refractivity contribution in [3.05, 3.63) is 34.9 Å². The van der Waals surface area contributed by atoms with E-state index < -0.39 is 0 Å². The molecular formula is C15H19ClN2OS2. The van der Waals surface area contributed by atoms with Gasteiger partial charge in [0.1, 0.15) is 4.32 Å². The zero-order valence-corrected chi connectivity index (χ0v) is 14.2. The maximum Gasteiger partial charge on any atom is 0.230 e. The van der Waals surface area contributed by atoms with Gasteiger partial charge in [-0.25, -0.2) is 0 Å². The van der Waals surface area contributed by atoms with Crippen molar-refractivity contribution in [3.8, 4) is 0 Å². The molecule has 0 atom stereocenters. The van der Waals surface area contributed by atoms with Crippen LogP contribution in [0.25, 0.3) is 0 Å². The molecule has 0 saturated carbocycles. The fourth-order valence-electron chi connectivity index (χ4n) is 2.17. The van der Waals surface area contributed by atoms with Gasteiger partial charge >= 0.3 is 0 Å². The Balaban J connectivity index is 1.61. The largest absolute Gasteiger partial charge is 0.358 e. The summed E-state index contributed by atoms with van der Waals surface area (Å²) in [7, 11) is 0. The minimum atomic E-state index is 0.0375. The van der Waals surface area contributed by atoms with Crippen molar-refractivity contribution in [1.82, 2.24) is 10.2 Å². The lowest BCUT2D eigenvalue weighted by Crippen LogP contribution is -2.30. The zero-order chi connectivity index (χ0) is 15.1. The first-order valence-electron chi connectivity index (χ1n) is 7.08. The lowest BCUT2D eigenvalue weighted by Gasteiger charge is -2.17. The number of rotatable bonds is 5. The average Bonchev–Trinajstić information content (AvgIpc) is 3.01. The van der Waals surface area contributed by atoms with Crippen LogP contribution < -0.4 is 5.32 Å². The van der Waals surface area contributed by atoms with Crippen molar-refractivity contribution in [2.75, 3.05) is 25.4 Å². The second kappa shape index (κ2) is 8.61. The van der Waals surface area contributed by atoms with Crippen LogP contribution in [0.1, 0.15) is 18.4 Å². The Kier molecular flexibility index (Phi) is 6.80. The average molecular weight is 343 g/mol. The highest BCUT2D eigenvalue weighted by molar-refractivity contribution is 8.23. The first-order valence-corrected chi connectivity index (χ1v) is 8.85. The third-order valence-corrected chi connectivity index (χ3v) is 5.12. The third kappa shape index (κ3) is 5.85. The van der Waals surface area contributed by atoms with Gasteiger partial charge in [-0.1, -0.05) is 47.7 Å². The van der Waals surface area contributed by atoms with Gasteiger partial charge in [-0.2, -0.15) is 0 Å². The van der Waals surface area contributed by atoms with Crippen LogP contribution in [-0.4, -0.2) is 40.5 Å². The maximum absolute atomic E-state index is 11.8. The molecule has 0 aromatic heterocycles. The fourth-order valence-corrected chi connectivity index (χ4v) is 3.37. The number of hydrogen-bond donors (Lipinski definition) is 1. The smallest absolute Gasteiger partial charge is 0.230 e. The Labute approximate surface area is 140 Å². The molecule has 1 aromatic rings. The summed E-state index contributed by atoms with van der Waals surface area (Å²) < 4.78 is 0.848. The minimum Gasteiger partial charge on any atom is -0.358 e. The van der Waals surface area contributed by atoms with E-state index in [0.29, 0.717) is 12.3 Å². The third-order valence-electron chi connectivity index (χ3n) is 3.34. The molecule has 1 aliphatic rings. The summed E-state index contributed by atoms with van der Waals surface area (Å²) in [4.78, 5) is 14.0. The molecule has 1 aromatic carbocycles. The van der Waals surface area contributed by atoms with Crippen LogP contribution in [0.2, 0.25) is 5.02 Å². The van der Waals surface area contributed by atoms with Gasteiger partial charge in [-0.15, -0.1) is 0 Å². The summed E-state index contributed by atoms with van der Waals surface area (Å²) in [5.74, 6) is 0.436. The molecule has 3 nitrogen and oxygen atoms in total. The number of benzene rings is 1. The quantitative estimate of drug-likeness (QED) is 0.833. The number of hydrogen-bond acceptors (Lipinski definition) is 3. The molecule has 21 heavy (non-hydrogen) atoms. The van der Waals surface area contributed by atoms with Gasteiger partial charge in [0.05, 0.1) is 5.75 Å². The Hall–Kier alpha value is -0.780. The number of carbonyl (C=O) groups excluding carboxylic acids is 1. The minimum absolute atomic E-state index is 0.0375. The van der Waals surface area contributed by atoms with Gasteiger partial charge in [0.2, 0.25) is 5.91 Å². The highest BCUT2D eigenvalue weighted by atomic mass is 35.5. The Morgan fingerprint density at radius 3 is 2.62 bits per heavy atom. The second-order valence-electron chi connectivity index (χ2n) is 4.98. The van der Waals surface area contributed by atoms with Gasteiger partial charge in [0, 0.05) is 24.7 Å². The van der Waals surface area contributed by atoms with Gasteiger partial charge in [0.15, 0.2) is 0 Å². The van der Waals surface area contributed by atoms with E-state index in [1.54, 1.807) is 0 Å². The second-order valence-corrected chi connectivity index (χ2v) is 7.02. The van der Waals surface area contributed by atoms with Crippen LogP contribution in [0.5, 0.6) is 0 Å². The molecule has 0 radical (unpaired) electrons. The molecule has 1 fully saturated rings. The highest BCUT2D eigenvalue weighted by Crippen LogP contribution is 2.15. The summed E-state index contributed by atoms with van der Waals surface area (Å²) in [5.41, 5.74) is 1.17. The van der Waals surface area contributed by atoms with Crippen molar-refractivity contribution in [2.45, 2.75) is 19.3 Å². The Morgan fingerprint density at radius 1 is 1.29 bits per heavy atom. The first kappa shape index (κ1) is 16.6. The van der Waals surface area contributed by atoms with Crippen LogP contribution in [0.3, 0.4) is 0 Å². The fraction of sp³-hybridized carbons (Fsp3) is 0.467. The molecule has 0 aliphatic carbocycles. The molecule has 1 aliphatic heterocycles. The van der Waals surface area contributed by atoms with Crippen molar-refractivity contribution in [3.63, 3.8) is 0 Å². The van der Waals surface area contributed by atoms with Gasteiger partial charge in [-0.05, 0) is 37.0 Å². The molecule has 6 heteroatoms. The van der Waals surface area contributed by atoms with Crippen LogP contribution >= 0.6 is 35.6 Å². The molecule has 1 amide bonds. The molecule has 0 spiro atoms. The van der Waals surface area contributed by atoms with Gasteiger partial charge in [-0.3, -0.25) is 4.79 Å². The van der Waals surface area contributed by atoms with E-state index in [-0.39, 0.29) is 5.91 Å². The summed E-state index contributed by atoms with van der Waals surface area (Å²) in [5, 5.41) is 3.65. The predicted octanol–water partition coefficient (Wildman–Crippen LogP) is 3.11. The van der Waals surface area contributed by atoms with E-state index in [1.807, 2.05) is 24.3 Å².